The van der Waals surface area contributed by atoms with Crippen LogP contribution in [0.3, 0.4) is 0 Å². The fourth-order valence-corrected chi connectivity index (χ4v) is 3.84. The highest BCUT2D eigenvalue weighted by Gasteiger charge is 2.28. The average molecular weight is 267 g/mol. The van der Waals surface area contributed by atoms with Gasteiger partial charge in [-0.15, -0.1) is 0 Å². The molecule has 0 radical (unpaired) electrons. The number of hydrogen-bond acceptors (Lipinski definition) is 2. The number of rotatable bonds is 1. The molecule has 1 aromatic rings. The first-order valence-electron chi connectivity index (χ1n) is 6.39. The van der Waals surface area contributed by atoms with Crippen LogP contribution in [0.4, 0.5) is 0 Å². The summed E-state index contributed by atoms with van der Waals surface area (Å²) in [6.45, 7) is 6.14. The van der Waals surface area contributed by atoms with Gasteiger partial charge in [0, 0.05) is 0 Å². The van der Waals surface area contributed by atoms with Crippen LogP contribution in [0.25, 0.3) is 0 Å². The Hall–Kier alpha value is -0.870. The van der Waals surface area contributed by atoms with E-state index in [4.69, 9.17) is 5.14 Å². The van der Waals surface area contributed by atoms with E-state index in [-0.39, 0.29) is 5.41 Å². The van der Waals surface area contributed by atoms with Crippen molar-refractivity contribution in [1.82, 2.24) is 0 Å². The van der Waals surface area contributed by atoms with E-state index in [0.717, 1.165) is 24.8 Å². The van der Waals surface area contributed by atoms with Crippen LogP contribution in [-0.2, 0) is 28.3 Å². The van der Waals surface area contributed by atoms with Gasteiger partial charge in [0.15, 0.2) is 0 Å². The quantitative estimate of drug-likeness (QED) is 0.850. The summed E-state index contributed by atoms with van der Waals surface area (Å²) in [4.78, 5) is 0.302. The van der Waals surface area contributed by atoms with Gasteiger partial charge in [0.2, 0.25) is 10.0 Å². The van der Waals surface area contributed by atoms with Gasteiger partial charge in [-0.1, -0.05) is 26.8 Å². The zero-order valence-corrected chi connectivity index (χ0v) is 12.1. The van der Waals surface area contributed by atoms with Crippen LogP contribution < -0.4 is 5.14 Å². The minimum absolute atomic E-state index is 0.204. The Labute approximate surface area is 109 Å². The maximum Gasteiger partial charge on any atom is 0.238 e. The molecule has 0 unspecified atom stereocenters. The molecule has 1 aliphatic carbocycles. The van der Waals surface area contributed by atoms with E-state index in [1.165, 1.54) is 17.5 Å². The summed E-state index contributed by atoms with van der Waals surface area (Å²) in [7, 11) is -3.65. The van der Waals surface area contributed by atoms with Crippen molar-refractivity contribution in [3.8, 4) is 0 Å². The van der Waals surface area contributed by atoms with Crippen LogP contribution in [0.1, 0.15) is 50.3 Å². The van der Waals surface area contributed by atoms with Crippen molar-refractivity contribution in [3.63, 3.8) is 0 Å². The van der Waals surface area contributed by atoms with Gasteiger partial charge >= 0.3 is 0 Å². The van der Waals surface area contributed by atoms with Crippen molar-refractivity contribution >= 4 is 10.0 Å². The second kappa shape index (κ2) is 4.35. The molecule has 0 atom stereocenters. The number of benzene rings is 1. The number of aryl methyl sites for hydroxylation is 1. The van der Waals surface area contributed by atoms with Gasteiger partial charge in [0.05, 0.1) is 4.90 Å². The van der Waals surface area contributed by atoms with E-state index in [9.17, 15) is 8.42 Å². The summed E-state index contributed by atoms with van der Waals surface area (Å²) >= 11 is 0. The lowest BCUT2D eigenvalue weighted by Gasteiger charge is -2.29. The van der Waals surface area contributed by atoms with Gasteiger partial charge < -0.3 is 0 Å². The van der Waals surface area contributed by atoms with E-state index in [1.54, 1.807) is 6.07 Å². The Bertz CT molecular complexity index is 568. The summed E-state index contributed by atoms with van der Waals surface area (Å²) in [5.74, 6) is 0. The lowest BCUT2D eigenvalue weighted by Crippen LogP contribution is -2.25. The largest absolute Gasteiger partial charge is 0.238 e. The van der Waals surface area contributed by atoms with Gasteiger partial charge in [-0.05, 0) is 53.9 Å². The van der Waals surface area contributed by atoms with Crippen molar-refractivity contribution in [2.75, 3.05) is 0 Å². The molecule has 18 heavy (non-hydrogen) atoms. The Balaban J connectivity index is 2.78. The second-order valence-electron chi connectivity index (χ2n) is 6.08. The summed E-state index contributed by atoms with van der Waals surface area (Å²) in [5, 5.41) is 5.36. The van der Waals surface area contributed by atoms with Crippen molar-refractivity contribution in [1.29, 1.82) is 0 Å². The molecule has 4 heteroatoms. The molecular weight excluding hydrogens is 246 g/mol. The van der Waals surface area contributed by atoms with Gasteiger partial charge in [0.25, 0.3) is 0 Å². The zero-order chi connectivity index (χ0) is 13.6. The molecule has 0 amide bonds. The smallest absolute Gasteiger partial charge is 0.225 e. The number of sulfonamides is 1. The molecule has 100 valence electrons. The zero-order valence-electron chi connectivity index (χ0n) is 11.3. The molecule has 2 N–H and O–H groups in total. The predicted molar refractivity (Wildman–Crippen MR) is 73.2 cm³/mol. The first kappa shape index (κ1) is 13.6. The maximum atomic E-state index is 11.8. The highest BCUT2D eigenvalue weighted by Crippen LogP contribution is 2.36. The van der Waals surface area contributed by atoms with E-state index < -0.39 is 10.0 Å². The second-order valence-corrected chi connectivity index (χ2v) is 7.61. The fourth-order valence-electron chi connectivity index (χ4n) is 2.87. The first-order chi connectivity index (χ1) is 8.21. The van der Waals surface area contributed by atoms with Crippen LogP contribution in [0, 0.1) is 0 Å². The Morgan fingerprint density at radius 2 is 1.72 bits per heavy atom. The molecule has 0 spiro atoms. The number of hydrogen-bond donors (Lipinski definition) is 1. The molecule has 0 aliphatic heterocycles. The number of fused-ring (bicyclic) bond motifs is 1. The SMILES string of the molecule is CC(C)(C)c1c(S(N)(=O)=O)ccc2c1CCCC2. The third-order valence-electron chi connectivity index (χ3n) is 3.55. The van der Waals surface area contributed by atoms with Crippen LogP contribution >= 0.6 is 0 Å². The summed E-state index contributed by atoms with van der Waals surface area (Å²) < 4.78 is 23.5. The van der Waals surface area contributed by atoms with Gasteiger partial charge in [-0.25, -0.2) is 13.6 Å². The minimum Gasteiger partial charge on any atom is -0.225 e. The predicted octanol–water partition coefficient (Wildman–Crippen LogP) is 2.51. The van der Waals surface area contributed by atoms with E-state index in [2.05, 4.69) is 0 Å². The molecule has 3 nitrogen and oxygen atoms in total. The molecule has 1 aromatic carbocycles. The highest BCUT2D eigenvalue weighted by molar-refractivity contribution is 7.89. The van der Waals surface area contributed by atoms with Crippen LogP contribution in [0.5, 0.6) is 0 Å². The summed E-state index contributed by atoms with van der Waals surface area (Å²) in [6.07, 6.45) is 4.32. The lowest BCUT2D eigenvalue weighted by molar-refractivity contribution is 0.545. The van der Waals surface area contributed by atoms with E-state index in [0.29, 0.717) is 4.90 Å². The molecule has 0 aromatic heterocycles. The van der Waals surface area contributed by atoms with Crippen molar-refractivity contribution in [2.24, 2.45) is 5.14 Å². The molecular formula is C14H21NO2S. The number of nitrogens with two attached hydrogens (primary N) is 1. The topological polar surface area (TPSA) is 60.2 Å². The van der Waals surface area contributed by atoms with Gasteiger partial charge in [-0.2, -0.15) is 0 Å². The molecule has 2 rings (SSSR count). The molecule has 0 saturated heterocycles. The Kier molecular flexibility index (Phi) is 3.28. The van der Waals surface area contributed by atoms with Crippen molar-refractivity contribution in [2.45, 2.75) is 56.8 Å². The fraction of sp³-hybridized carbons (Fsp3) is 0.571. The molecule has 1 aliphatic rings. The summed E-state index contributed by atoms with van der Waals surface area (Å²) in [6, 6.07) is 3.61. The third kappa shape index (κ3) is 2.45. The highest BCUT2D eigenvalue weighted by atomic mass is 32.2. The first-order valence-corrected chi connectivity index (χ1v) is 7.94. The Morgan fingerprint density at radius 3 is 2.28 bits per heavy atom. The Morgan fingerprint density at radius 1 is 1.11 bits per heavy atom. The average Bonchev–Trinajstić information content (AvgIpc) is 2.24. The monoisotopic (exact) mass is 267 g/mol. The molecule has 0 heterocycles. The third-order valence-corrected chi connectivity index (χ3v) is 4.50. The van der Waals surface area contributed by atoms with E-state index >= 15 is 0 Å². The van der Waals surface area contributed by atoms with Crippen molar-refractivity contribution in [3.05, 3.63) is 28.8 Å². The number of primary sulfonamides is 1. The normalized spacial score (nSPS) is 16.4. The molecule has 0 fully saturated rings. The molecule has 0 saturated carbocycles. The van der Waals surface area contributed by atoms with Gasteiger partial charge in [-0.3, -0.25) is 0 Å². The van der Waals surface area contributed by atoms with E-state index in [1.807, 2.05) is 26.8 Å². The molecule has 0 bridgehead atoms. The summed E-state index contributed by atoms with van der Waals surface area (Å²) in [5.41, 5.74) is 3.21. The van der Waals surface area contributed by atoms with Crippen molar-refractivity contribution < 1.29 is 8.42 Å². The van der Waals surface area contributed by atoms with Crippen LogP contribution in [-0.4, -0.2) is 8.42 Å². The van der Waals surface area contributed by atoms with Crippen LogP contribution in [0.15, 0.2) is 17.0 Å². The minimum atomic E-state index is -3.65. The van der Waals surface area contributed by atoms with Crippen LogP contribution in [0.2, 0.25) is 0 Å². The standard InChI is InChI=1S/C14H21NO2S/c1-14(2,3)13-11-7-5-4-6-10(11)8-9-12(13)18(15,16)17/h8-9H,4-7H2,1-3H3,(H2,15,16,17). The lowest BCUT2D eigenvalue weighted by atomic mass is 9.78. The maximum absolute atomic E-state index is 11.8. The van der Waals surface area contributed by atoms with Gasteiger partial charge in [0.1, 0.15) is 0 Å².